The molecular formula is C5H4Br2N2O2. The second kappa shape index (κ2) is 3.27. The van der Waals surface area contributed by atoms with E-state index >= 15 is 0 Å². The highest BCUT2D eigenvalue weighted by Gasteiger charge is 2.04. The van der Waals surface area contributed by atoms with Gasteiger partial charge in [-0.05, 0) is 44.0 Å². The van der Waals surface area contributed by atoms with Gasteiger partial charge in [-0.2, -0.15) is 0 Å². The van der Waals surface area contributed by atoms with Crippen LogP contribution in [0.1, 0.15) is 0 Å². The van der Waals surface area contributed by atoms with Gasteiger partial charge in [-0.15, -0.1) is 0 Å². The average molecular weight is 284 g/mol. The monoisotopic (exact) mass is 282 g/mol. The van der Waals surface area contributed by atoms with Gasteiger partial charge >= 0.3 is 6.09 Å². The lowest BCUT2D eigenvalue weighted by Gasteiger charge is -2.04. The third kappa shape index (κ3) is 1.97. The first-order valence-corrected chi connectivity index (χ1v) is 4.22. The van der Waals surface area contributed by atoms with Crippen LogP contribution in [-0.4, -0.2) is 15.9 Å². The van der Waals surface area contributed by atoms with Crippen LogP contribution < -0.4 is 5.43 Å². The fourth-order valence-electron chi connectivity index (χ4n) is 0.591. The van der Waals surface area contributed by atoms with Crippen molar-refractivity contribution in [1.29, 1.82) is 0 Å². The fraction of sp³-hybridized carbons (Fsp3) is 0. The summed E-state index contributed by atoms with van der Waals surface area (Å²) in [5.41, 5.74) is 2.16. The zero-order valence-corrected chi connectivity index (χ0v) is 8.39. The largest absolute Gasteiger partial charge is 0.464 e. The molecule has 11 heavy (non-hydrogen) atoms. The van der Waals surface area contributed by atoms with Crippen LogP contribution in [0.2, 0.25) is 0 Å². The molecule has 4 nitrogen and oxygen atoms in total. The van der Waals surface area contributed by atoms with Crippen molar-refractivity contribution in [2.75, 3.05) is 5.43 Å². The molecule has 0 spiro atoms. The lowest BCUT2D eigenvalue weighted by Crippen LogP contribution is -2.20. The highest BCUT2D eigenvalue weighted by molar-refractivity contribution is 9.11. The van der Waals surface area contributed by atoms with E-state index in [0.29, 0.717) is 9.21 Å². The molecule has 1 aromatic rings. The van der Waals surface area contributed by atoms with Crippen LogP contribution in [-0.2, 0) is 0 Å². The lowest BCUT2D eigenvalue weighted by molar-refractivity contribution is 0.206. The van der Waals surface area contributed by atoms with E-state index in [2.05, 4.69) is 37.3 Å². The van der Waals surface area contributed by atoms with E-state index in [0.717, 1.165) is 0 Å². The fourth-order valence-corrected chi connectivity index (χ4v) is 1.65. The minimum Gasteiger partial charge on any atom is -0.464 e. The number of hydrogen-bond acceptors (Lipinski definition) is 1. The summed E-state index contributed by atoms with van der Waals surface area (Å²) in [5, 5.41) is 8.36. The zero-order chi connectivity index (χ0) is 8.43. The zero-order valence-electron chi connectivity index (χ0n) is 5.21. The van der Waals surface area contributed by atoms with Crippen molar-refractivity contribution in [3.05, 3.63) is 21.3 Å². The van der Waals surface area contributed by atoms with Crippen molar-refractivity contribution >= 4 is 38.0 Å². The summed E-state index contributed by atoms with van der Waals surface area (Å²) in [4.78, 5) is 10.2. The molecule has 0 bridgehead atoms. The van der Waals surface area contributed by atoms with E-state index in [9.17, 15) is 4.79 Å². The molecule has 1 aromatic heterocycles. The molecule has 0 aromatic carbocycles. The molecular weight excluding hydrogens is 280 g/mol. The van der Waals surface area contributed by atoms with E-state index < -0.39 is 6.09 Å². The molecule has 0 aliphatic carbocycles. The van der Waals surface area contributed by atoms with Gasteiger partial charge < -0.3 is 5.11 Å². The van der Waals surface area contributed by atoms with Crippen molar-refractivity contribution in [2.45, 2.75) is 0 Å². The molecule has 6 heteroatoms. The van der Waals surface area contributed by atoms with E-state index in [4.69, 9.17) is 5.11 Å². The molecule has 0 aliphatic heterocycles. The number of nitrogens with zero attached hydrogens (tertiary/aromatic N) is 1. The molecule has 1 amide bonds. The van der Waals surface area contributed by atoms with Gasteiger partial charge in [-0.1, -0.05) is 0 Å². The summed E-state index contributed by atoms with van der Waals surface area (Å²) < 4.78 is 2.64. The Bertz CT molecular complexity index is 265. The van der Waals surface area contributed by atoms with Crippen molar-refractivity contribution in [2.24, 2.45) is 0 Å². The van der Waals surface area contributed by atoms with E-state index in [1.165, 1.54) is 4.68 Å². The van der Waals surface area contributed by atoms with E-state index in [1.54, 1.807) is 12.1 Å². The minimum absolute atomic E-state index is 0.645. The minimum atomic E-state index is -1.11. The predicted octanol–water partition coefficient (Wildman–Crippen LogP) is 2.23. The van der Waals surface area contributed by atoms with E-state index in [1.807, 2.05) is 0 Å². The number of hydrogen-bond donors (Lipinski definition) is 2. The Morgan fingerprint density at radius 1 is 1.45 bits per heavy atom. The highest BCUT2D eigenvalue weighted by Crippen LogP contribution is 2.18. The summed E-state index contributed by atoms with van der Waals surface area (Å²) >= 11 is 6.31. The molecule has 0 fully saturated rings. The van der Waals surface area contributed by atoms with Gasteiger partial charge in [0, 0.05) is 0 Å². The van der Waals surface area contributed by atoms with Crippen LogP contribution in [0.15, 0.2) is 21.3 Å². The van der Waals surface area contributed by atoms with Crippen LogP contribution in [0.25, 0.3) is 0 Å². The maximum absolute atomic E-state index is 10.2. The van der Waals surface area contributed by atoms with Crippen LogP contribution in [0.3, 0.4) is 0 Å². The number of nitrogens with one attached hydrogen (secondary N) is 1. The first kappa shape index (κ1) is 8.61. The Balaban J connectivity index is 2.92. The number of carboxylic acid groups (broad SMARTS) is 1. The van der Waals surface area contributed by atoms with Gasteiger partial charge in [0.2, 0.25) is 0 Å². The molecule has 0 atom stereocenters. The Labute approximate surface area is 79.4 Å². The standard InChI is InChI=1S/C5H4Br2N2O2/c6-3-1-2-4(7)9(3)8-5(10)11/h1-2,8H,(H,10,11). The van der Waals surface area contributed by atoms with Gasteiger partial charge in [0.1, 0.15) is 9.21 Å². The predicted molar refractivity (Wildman–Crippen MR) is 47.2 cm³/mol. The normalized spacial score (nSPS) is 9.64. The summed E-state index contributed by atoms with van der Waals surface area (Å²) in [6.07, 6.45) is -1.11. The molecule has 0 saturated heterocycles. The third-order valence-electron chi connectivity index (χ3n) is 0.993. The molecule has 2 N–H and O–H groups in total. The van der Waals surface area contributed by atoms with Crippen LogP contribution >= 0.6 is 31.9 Å². The quantitative estimate of drug-likeness (QED) is 0.830. The maximum Gasteiger partial charge on any atom is 0.424 e. The second-order valence-corrected chi connectivity index (χ2v) is 3.36. The first-order valence-electron chi connectivity index (χ1n) is 2.64. The smallest absolute Gasteiger partial charge is 0.424 e. The van der Waals surface area contributed by atoms with Gasteiger partial charge in [0.25, 0.3) is 0 Å². The third-order valence-corrected chi connectivity index (χ3v) is 2.23. The molecule has 0 saturated carbocycles. The number of amides is 1. The Kier molecular flexibility index (Phi) is 2.56. The first-order chi connectivity index (χ1) is 5.11. The maximum atomic E-state index is 10.2. The summed E-state index contributed by atoms with van der Waals surface area (Å²) in [7, 11) is 0. The lowest BCUT2D eigenvalue weighted by atomic mass is 10.7. The molecule has 0 aliphatic rings. The molecule has 1 heterocycles. The second-order valence-electron chi connectivity index (χ2n) is 1.73. The highest BCUT2D eigenvalue weighted by atomic mass is 79.9. The molecule has 0 unspecified atom stereocenters. The summed E-state index contributed by atoms with van der Waals surface area (Å²) in [6, 6.07) is 3.44. The summed E-state index contributed by atoms with van der Waals surface area (Å²) in [5.74, 6) is 0. The van der Waals surface area contributed by atoms with Gasteiger partial charge in [-0.3, -0.25) is 0 Å². The molecule has 1 rings (SSSR count). The Morgan fingerprint density at radius 3 is 2.27 bits per heavy atom. The van der Waals surface area contributed by atoms with Gasteiger partial charge in [-0.25, -0.2) is 14.9 Å². The van der Waals surface area contributed by atoms with Crippen LogP contribution in [0.5, 0.6) is 0 Å². The van der Waals surface area contributed by atoms with E-state index in [-0.39, 0.29) is 0 Å². The molecule has 60 valence electrons. The topological polar surface area (TPSA) is 54.3 Å². The van der Waals surface area contributed by atoms with Crippen LogP contribution in [0, 0.1) is 0 Å². The van der Waals surface area contributed by atoms with Crippen molar-refractivity contribution in [1.82, 2.24) is 4.68 Å². The number of carbonyl (C=O) groups is 1. The average Bonchev–Trinajstić information content (AvgIpc) is 2.18. The van der Waals surface area contributed by atoms with Gasteiger partial charge in [0.15, 0.2) is 0 Å². The number of aromatic nitrogens is 1. The van der Waals surface area contributed by atoms with Crippen LogP contribution in [0.4, 0.5) is 4.79 Å². The SMILES string of the molecule is O=C(O)Nn1c(Br)ccc1Br. The van der Waals surface area contributed by atoms with Gasteiger partial charge in [0.05, 0.1) is 0 Å². The number of rotatable bonds is 1. The Hall–Kier alpha value is -0.490. The number of halogens is 2. The summed E-state index contributed by atoms with van der Waals surface area (Å²) in [6.45, 7) is 0. The Morgan fingerprint density at radius 2 is 1.91 bits per heavy atom. The van der Waals surface area contributed by atoms with Crippen molar-refractivity contribution in [3.8, 4) is 0 Å². The van der Waals surface area contributed by atoms with Crippen molar-refractivity contribution in [3.63, 3.8) is 0 Å². The molecule has 0 radical (unpaired) electrons. The van der Waals surface area contributed by atoms with Crippen molar-refractivity contribution < 1.29 is 9.90 Å².